The third-order valence-electron chi connectivity index (χ3n) is 3.84. The van der Waals surface area contributed by atoms with Crippen LogP contribution in [0.1, 0.15) is 18.3 Å². The molecular formula is C19H17Cl2N3O. The molecule has 0 aliphatic heterocycles. The predicted molar refractivity (Wildman–Crippen MR) is 103 cm³/mol. The highest BCUT2D eigenvalue weighted by molar-refractivity contribution is 6.34. The number of fused-ring (bicyclic) bond motifs is 1. The third-order valence-corrected chi connectivity index (χ3v) is 4.42. The van der Waals surface area contributed by atoms with Crippen LogP contribution in [0.4, 0.5) is 0 Å². The van der Waals surface area contributed by atoms with Crippen molar-refractivity contribution in [2.24, 2.45) is 0 Å². The van der Waals surface area contributed by atoms with E-state index < -0.39 is 0 Å². The zero-order valence-electron chi connectivity index (χ0n) is 13.7. The quantitative estimate of drug-likeness (QED) is 0.659. The molecule has 0 atom stereocenters. The fraction of sp³-hybridized carbons (Fsp3) is 0.158. The van der Waals surface area contributed by atoms with Gasteiger partial charge >= 0.3 is 0 Å². The zero-order chi connectivity index (χ0) is 17.8. The van der Waals surface area contributed by atoms with Gasteiger partial charge in [-0.25, -0.2) is 4.98 Å². The Kier molecular flexibility index (Phi) is 5.41. The van der Waals surface area contributed by atoms with E-state index in [-0.39, 0.29) is 5.91 Å². The SMILES string of the molecule is CCn1c(CNC(=O)/C=C/c2cc(Cl)ccc2Cl)nc2ccccc21. The van der Waals surface area contributed by atoms with Crippen LogP contribution in [-0.2, 0) is 17.9 Å². The molecule has 2 aromatic carbocycles. The van der Waals surface area contributed by atoms with Crippen LogP contribution in [0.3, 0.4) is 0 Å². The second-order valence-electron chi connectivity index (χ2n) is 5.48. The number of hydrogen-bond acceptors (Lipinski definition) is 2. The van der Waals surface area contributed by atoms with Gasteiger partial charge in [0.2, 0.25) is 5.91 Å². The molecule has 3 rings (SSSR count). The average Bonchev–Trinajstić information content (AvgIpc) is 2.98. The molecule has 0 aliphatic carbocycles. The summed E-state index contributed by atoms with van der Waals surface area (Å²) in [7, 11) is 0. The smallest absolute Gasteiger partial charge is 0.244 e. The van der Waals surface area contributed by atoms with Crippen LogP contribution in [0.15, 0.2) is 48.5 Å². The van der Waals surface area contributed by atoms with E-state index >= 15 is 0 Å². The maximum absolute atomic E-state index is 12.1. The van der Waals surface area contributed by atoms with Crippen molar-refractivity contribution in [3.63, 3.8) is 0 Å². The summed E-state index contributed by atoms with van der Waals surface area (Å²) in [6.07, 6.45) is 3.09. The van der Waals surface area contributed by atoms with E-state index in [0.717, 1.165) is 23.4 Å². The van der Waals surface area contributed by atoms with Gasteiger partial charge in [0.05, 0.1) is 17.6 Å². The molecule has 0 fully saturated rings. The molecule has 3 aromatic rings. The van der Waals surface area contributed by atoms with E-state index in [1.54, 1.807) is 24.3 Å². The largest absolute Gasteiger partial charge is 0.345 e. The number of carbonyl (C=O) groups is 1. The second kappa shape index (κ2) is 7.72. The Morgan fingerprint density at radius 3 is 2.84 bits per heavy atom. The first-order chi connectivity index (χ1) is 12.1. The Hall–Kier alpha value is -2.30. The summed E-state index contributed by atoms with van der Waals surface area (Å²) >= 11 is 12.0. The number of halogens is 2. The lowest BCUT2D eigenvalue weighted by molar-refractivity contribution is -0.116. The standard InChI is InChI=1S/C19H17Cl2N3O/c1-2-24-17-6-4-3-5-16(17)23-18(24)12-22-19(25)10-7-13-11-14(20)8-9-15(13)21/h3-11H,2,12H2,1H3,(H,22,25)/b10-7+. The maximum Gasteiger partial charge on any atom is 0.244 e. The Balaban J connectivity index is 1.70. The number of aryl methyl sites for hydroxylation is 1. The molecule has 1 heterocycles. The van der Waals surface area contributed by atoms with Crippen molar-refractivity contribution < 1.29 is 4.79 Å². The van der Waals surface area contributed by atoms with Gasteiger partial charge in [-0.05, 0) is 48.9 Å². The topological polar surface area (TPSA) is 46.9 Å². The van der Waals surface area contributed by atoms with Crippen molar-refractivity contribution in [3.8, 4) is 0 Å². The van der Waals surface area contributed by atoms with Crippen molar-refractivity contribution >= 4 is 46.2 Å². The summed E-state index contributed by atoms with van der Waals surface area (Å²) in [6.45, 7) is 3.20. The van der Waals surface area contributed by atoms with Crippen LogP contribution in [0, 0.1) is 0 Å². The Morgan fingerprint density at radius 2 is 2.04 bits per heavy atom. The lowest BCUT2D eigenvalue weighted by atomic mass is 10.2. The number of hydrogen-bond donors (Lipinski definition) is 1. The first kappa shape index (κ1) is 17.5. The van der Waals surface area contributed by atoms with Gasteiger partial charge in [-0.1, -0.05) is 35.3 Å². The van der Waals surface area contributed by atoms with Crippen LogP contribution in [0.2, 0.25) is 10.0 Å². The average molecular weight is 374 g/mol. The number of aromatic nitrogens is 2. The number of rotatable bonds is 5. The molecule has 0 spiro atoms. The molecule has 1 N–H and O–H groups in total. The van der Waals surface area contributed by atoms with E-state index in [1.807, 2.05) is 24.3 Å². The number of nitrogens with zero attached hydrogens (tertiary/aromatic N) is 2. The minimum Gasteiger partial charge on any atom is -0.345 e. The van der Waals surface area contributed by atoms with Gasteiger partial charge in [-0.3, -0.25) is 4.79 Å². The predicted octanol–water partition coefficient (Wildman–Crippen LogP) is 4.69. The molecule has 4 nitrogen and oxygen atoms in total. The molecule has 25 heavy (non-hydrogen) atoms. The molecule has 0 aliphatic rings. The molecule has 6 heteroatoms. The lowest BCUT2D eigenvalue weighted by Crippen LogP contribution is -2.22. The van der Waals surface area contributed by atoms with E-state index in [4.69, 9.17) is 23.2 Å². The highest BCUT2D eigenvalue weighted by Crippen LogP contribution is 2.21. The number of amides is 1. The first-order valence-electron chi connectivity index (χ1n) is 7.93. The molecule has 1 aromatic heterocycles. The molecule has 0 radical (unpaired) electrons. The van der Waals surface area contributed by atoms with Crippen LogP contribution in [0.25, 0.3) is 17.1 Å². The summed E-state index contributed by atoms with van der Waals surface area (Å²) in [4.78, 5) is 16.7. The Morgan fingerprint density at radius 1 is 1.24 bits per heavy atom. The summed E-state index contributed by atoms with van der Waals surface area (Å²) in [5.74, 6) is 0.608. The third kappa shape index (κ3) is 4.03. The molecule has 128 valence electrons. The van der Waals surface area contributed by atoms with Crippen molar-refractivity contribution in [1.82, 2.24) is 14.9 Å². The molecule has 1 amide bonds. The second-order valence-corrected chi connectivity index (χ2v) is 6.32. The van der Waals surface area contributed by atoms with E-state index in [1.165, 1.54) is 6.08 Å². The monoisotopic (exact) mass is 373 g/mol. The summed E-state index contributed by atoms with van der Waals surface area (Å²) < 4.78 is 2.09. The van der Waals surface area contributed by atoms with E-state index in [2.05, 4.69) is 21.8 Å². The van der Waals surface area contributed by atoms with E-state index in [9.17, 15) is 4.79 Å². The zero-order valence-corrected chi connectivity index (χ0v) is 15.2. The van der Waals surface area contributed by atoms with Gasteiger partial charge in [0, 0.05) is 22.7 Å². The molecular weight excluding hydrogens is 357 g/mol. The van der Waals surface area contributed by atoms with E-state index in [0.29, 0.717) is 22.2 Å². The van der Waals surface area contributed by atoms with Crippen molar-refractivity contribution in [1.29, 1.82) is 0 Å². The van der Waals surface area contributed by atoms with Gasteiger partial charge in [0.1, 0.15) is 5.82 Å². The van der Waals surface area contributed by atoms with Gasteiger partial charge in [0.25, 0.3) is 0 Å². The van der Waals surface area contributed by atoms with Crippen molar-refractivity contribution in [3.05, 3.63) is 70.0 Å². The highest BCUT2D eigenvalue weighted by Gasteiger charge is 2.09. The van der Waals surface area contributed by atoms with Crippen LogP contribution >= 0.6 is 23.2 Å². The fourth-order valence-corrected chi connectivity index (χ4v) is 3.01. The highest BCUT2D eigenvalue weighted by atomic mass is 35.5. The Labute approximate surface area is 156 Å². The molecule has 0 bridgehead atoms. The van der Waals surface area contributed by atoms with Gasteiger partial charge in [0.15, 0.2) is 0 Å². The minimum atomic E-state index is -0.217. The van der Waals surface area contributed by atoms with Crippen LogP contribution < -0.4 is 5.32 Å². The summed E-state index contributed by atoms with van der Waals surface area (Å²) in [5, 5.41) is 3.97. The van der Waals surface area contributed by atoms with Gasteiger partial charge < -0.3 is 9.88 Å². The molecule has 0 saturated carbocycles. The number of para-hydroxylation sites is 2. The van der Waals surface area contributed by atoms with Crippen LogP contribution in [0.5, 0.6) is 0 Å². The minimum absolute atomic E-state index is 0.217. The number of nitrogens with one attached hydrogen (secondary N) is 1. The van der Waals surface area contributed by atoms with Crippen molar-refractivity contribution in [2.75, 3.05) is 0 Å². The number of benzene rings is 2. The number of carbonyl (C=O) groups excluding carboxylic acids is 1. The van der Waals surface area contributed by atoms with Gasteiger partial charge in [-0.15, -0.1) is 0 Å². The number of imidazole rings is 1. The lowest BCUT2D eigenvalue weighted by Gasteiger charge is -2.06. The summed E-state index contributed by atoms with van der Waals surface area (Å²) in [5.41, 5.74) is 2.69. The first-order valence-corrected chi connectivity index (χ1v) is 8.69. The Bertz CT molecular complexity index is 947. The molecule has 0 unspecified atom stereocenters. The normalized spacial score (nSPS) is 11.3. The maximum atomic E-state index is 12.1. The fourth-order valence-electron chi connectivity index (χ4n) is 2.65. The van der Waals surface area contributed by atoms with Gasteiger partial charge in [-0.2, -0.15) is 0 Å². The molecule has 0 saturated heterocycles. The summed E-state index contributed by atoms with van der Waals surface area (Å²) in [6, 6.07) is 13.0. The van der Waals surface area contributed by atoms with Crippen molar-refractivity contribution in [2.45, 2.75) is 20.0 Å². The van der Waals surface area contributed by atoms with Crippen LogP contribution in [-0.4, -0.2) is 15.5 Å².